The van der Waals surface area contributed by atoms with Gasteiger partial charge >= 0.3 is 0 Å². The average molecular weight is 422 g/mol. The lowest BCUT2D eigenvalue weighted by Crippen LogP contribution is -1.99. The topological polar surface area (TPSA) is 4.93 Å². The Balaban J connectivity index is 1.71. The van der Waals surface area contributed by atoms with Crippen LogP contribution in [0.2, 0.25) is 0 Å². The summed E-state index contributed by atoms with van der Waals surface area (Å²) in [7, 11) is 0. The minimum absolute atomic E-state index is 0.406. The average Bonchev–Trinajstić information content (AvgIpc) is 3.39. The van der Waals surface area contributed by atoms with Crippen LogP contribution in [0.25, 0.3) is 62.2 Å². The summed E-state index contributed by atoms with van der Waals surface area (Å²) < 4.78 is 8.01. The van der Waals surface area contributed by atoms with Gasteiger partial charge in [0.2, 0.25) is 0 Å². The molecule has 0 saturated heterocycles. The summed E-state index contributed by atoms with van der Waals surface area (Å²) >= 11 is 3.80. The number of hydrogen-bond donors (Lipinski definition) is 0. The molecule has 0 bridgehead atoms. The number of rotatable bonds is 1. The lowest BCUT2D eigenvalue weighted by Gasteiger charge is -2.11. The number of hydrogen-bond acceptors (Lipinski definition) is 2. The van der Waals surface area contributed by atoms with Crippen LogP contribution in [0.3, 0.4) is 0 Å². The molecule has 0 fully saturated rings. The summed E-state index contributed by atoms with van der Waals surface area (Å²) in [5, 5.41) is 8.22. The summed E-state index contributed by atoms with van der Waals surface area (Å²) in [6, 6.07) is 27.7. The number of fused-ring (bicyclic) bond motifs is 9. The number of benzene rings is 4. The van der Waals surface area contributed by atoms with Crippen molar-refractivity contribution in [2.75, 3.05) is 0 Å². The zero-order chi connectivity index (χ0) is 20.0. The maximum absolute atomic E-state index is 2.53. The molecule has 7 rings (SSSR count). The van der Waals surface area contributed by atoms with Gasteiger partial charge in [0.1, 0.15) is 0 Å². The fourth-order valence-corrected chi connectivity index (χ4v) is 7.28. The van der Waals surface area contributed by atoms with E-state index in [1.807, 2.05) is 22.7 Å². The van der Waals surface area contributed by atoms with Crippen molar-refractivity contribution in [3.8, 4) is 0 Å². The summed E-state index contributed by atoms with van der Waals surface area (Å²) in [6.07, 6.45) is 0. The quantitative estimate of drug-likeness (QED) is 0.249. The van der Waals surface area contributed by atoms with Crippen LogP contribution in [0.4, 0.5) is 0 Å². The molecule has 0 N–H and O–H groups in total. The predicted molar refractivity (Wildman–Crippen MR) is 136 cm³/mol. The highest BCUT2D eigenvalue weighted by molar-refractivity contribution is 7.26. The number of thiophene rings is 2. The molecule has 3 heteroatoms. The molecule has 0 aliphatic rings. The molecule has 30 heavy (non-hydrogen) atoms. The van der Waals surface area contributed by atoms with Gasteiger partial charge in [-0.1, -0.05) is 36.4 Å². The van der Waals surface area contributed by atoms with E-state index >= 15 is 0 Å². The Bertz CT molecular complexity index is 1650. The van der Waals surface area contributed by atoms with Crippen LogP contribution in [-0.2, 0) is 0 Å². The predicted octanol–water partition coefficient (Wildman–Crippen LogP) is 9.11. The van der Waals surface area contributed by atoms with Crippen molar-refractivity contribution in [2.45, 2.75) is 19.9 Å². The zero-order valence-corrected chi connectivity index (χ0v) is 18.4. The first-order valence-corrected chi connectivity index (χ1v) is 12.0. The summed E-state index contributed by atoms with van der Waals surface area (Å²) in [5.74, 6) is 0. The highest BCUT2D eigenvalue weighted by Crippen LogP contribution is 2.43. The lowest BCUT2D eigenvalue weighted by atomic mass is 10.1. The monoisotopic (exact) mass is 421 g/mol. The van der Waals surface area contributed by atoms with Gasteiger partial charge in [-0.15, -0.1) is 22.7 Å². The van der Waals surface area contributed by atoms with E-state index in [1.54, 1.807) is 0 Å². The van der Waals surface area contributed by atoms with Crippen LogP contribution in [0.1, 0.15) is 19.9 Å². The molecule has 7 aromatic rings. The third kappa shape index (κ3) is 2.12. The molecule has 1 nitrogen and oxygen atoms in total. The molecule has 0 aliphatic heterocycles. The molecular weight excluding hydrogens is 402 g/mol. The van der Waals surface area contributed by atoms with E-state index in [0.717, 1.165) is 0 Å². The SMILES string of the molecule is CC(C)n1c2cc3sc4ccccc4c3cc2c2cc3c(cc21)sc1ccccc13. The summed E-state index contributed by atoms with van der Waals surface area (Å²) in [5.41, 5.74) is 2.70. The van der Waals surface area contributed by atoms with E-state index in [1.165, 1.54) is 62.2 Å². The first kappa shape index (κ1) is 16.9. The van der Waals surface area contributed by atoms with Gasteiger partial charge in [0.15, 0.2) is 0 Å². The fraction of sp³-hybridized carbons (Fsp3) is 0.111. The summed E-state index contributed by atoms with van der Waals surface area (Å²) in [4.78, 5) is 0. The van der Waals surface area contributed by atoms with Gasteiger partial charge in [0.05, 0.1) is 11.0 Å². The van der Waals surface area contributed by atoms with Crippen LogP contribution in [0, 0.1) is 0 Å². The third-order valence-electron chi connectivity index (χ3n) is 6.32. The molecule has 0 radical (unpaired) electrons. The maximum Gasteiger partial charge on any atom is 0.0508 e. The highest BCUT2D eigenvalue weighted by atomic mass is 32.1. The Morgan fingerprint density at radius 3 is 1.47 bits per heavy atom. The largest absolute Gasteiger partial charge is 0.338 e. The van der Waals surface area contributed by atoms with Gasteiger partial charge < -0.3 is 4.57 Å². The van der Waals surface area contributed by atoms with Crippen LogP contribution in [-0.4, -0.2) is 4.57 Å². The molecule has 0 unspecified atom stereocenters. The van der Waals surface area contributed by atoms with Crippen LogP contribution in [0.15, 0.2) is 72.8 Å². The van der Waals surface area contributed by atoms with Crippen molar-refractivity contribution in [2.24, 2.45) is 0 Å². The standard InChI is InChI=1S/C27H19NS2/c1-15(2)28-22-13-26-20(16-7-3-5-9-24(16)29-26)11-18(22)19-12-21-17-8-4-6-10-25(17)30-27(21)14-23(19)28/h3-15H,1-2H3. The Kier molecular flexibility index (Phi) is 3.28. The van der Waals surface area contributed by atoms with Crippen molar-refractivity contribution in [1.29, 1.82) is 0 Å². The van der Waals surface area contributed by atoms with Crippen LogP contribution in [0.5, 0.6) is 0 Å². The van der Waals surface area contributed by atoms with Gasteiger partial charge in [-0.3, -0.25) is 0 Å². The van der Waals surface area contributed by atoms with E-state index in [0.29, 0.717) is 6.04 Å². The molecule has 0 saturated carbocycles. The molecule has 0 spiro atoms. The van der Waals surface area contributed by atoms with Gasteiger partial charge in [-0.05, 0) is 50.2 Å². The Morgan fingerprint density at radius 1 is 0.533 bits per heavy atom. The molecule has 3 aromatic heterocycles. The summed E-state index contributed by atoms with van der Waals surface area (Å²) in [6.45, 7) is 4.59. The second-order valence-corrected chi connectivity index (χ2v) is 10.6. The highest BCUT2D eigenvalue weighted by Gasteiger charge is 2.18. The van der Waals surface area contributed by atoms with Gasteiger partial charge in [0, 0.05) is 57.2 Å². The van der Waals surface area contributed by atoms with E-state index in [9.17, 15) is 0 Å². The maximum atomic E-state index is 2.53. The van der Waals surface area contributed by atoms with E-state index < -0.39 is 0 Å². The number of nitrogens with zero attached hydrogens (tertiary/aromatic N) is 1. The first-order chi connectivity index (χ1) is 14.7. The Labute approximate surface area is 181 Å². The smallest absolute Gasteiger partial charge is 0.0508 e. The molecular formula is C27H19NS2. The van der Waals surface area contributed by atoms with E-state index in [-0.39, 0.29) is 0 Å². The molecule has 144 valence electrons. The fourth-order valence-electron chi connectivity index (χ4n) is 5.04. The molecule has 0 aliphatic carbocycles. The molecule has 4 aromatic carbocycles. The Hall–Kier alpha value is -2.88. The van der Waals surface area contributed by atoms with Crippen molar-refractivity contribution in [3.63, 3.8) is 0 Å². The second kappa shape index (κ2) is 5.84. The minimum Gasteiger partial charge on any atom is -0.338 e. The zero-order valence-electron chi connectivity index (χ0n) is 16.8. The lowest BCUT2D eigenvalue weighted by molar-refractivity contribution is 0.642. The van der Waals surface area contributed by atoms with Gasteiger partial charge in [0.25, 0.3) is 0 Å². The third-order valence-corrected chi connectivity index (χ3v) is 8.58. The molecule has 0 amide bonds. The van der Waals surface area contributed by atoms with Crippen molar-refractivity contribution in [3.05, 3.63) is 72.8 Å². The number of aromatic nitrogens is 1. The van der Waals surface area contributed by atoms with Crippen LogP contribution < -0.4 is 0 Å². The van der Waals surface area contributed by atoms with Crippen molar-refractivity contribution in [1.82, 2.24) is 4.57 Å². The van der Waals surface area contributed by atoms with E-state index in [2.05, 4.69) is 91.2 Å². The second-order valence-electron chi connectivity index (χ2n) is 8.39. The van der Waals surface area contributed by atoms with E-state index in [4.69, 9.17) is 0 Å². The first-order valence-electron chi connectivity index (χ1n) is 10.4. The van der Waals surface area contributed by atoms with Crippen LogP contribution >= 0.6 is 22.7 Å². The van der Waals surface area contributed by atoms with Gasteiger partial charge in [-0.2, -0.15) is 0 Å². The molecule has 0 atom stereocenters. The Morgan fingerprint density at radius 2 is 1.00 bits per heavy atom. The van der Waals surface area contributed by atoms with Gasteiger partial charge in [-0.25, -0.2) is 0 Å². The normalized spacial score (nSPS) is 12.6. The molecule has 3 heterocycles. The van der Waals surface area contributed by atoms with Crippen molar-refractivity contribution >= 4 is 84.8 Å². The van der Waals surface area contributed by atoms with Crippen molar-refractivity contribution < 1.29 is 0 Å². The minimum atomic E-state index is 0.406.